The lowest BCUT2D eigenvalue weighted by molar-refractivity contribution is -0.136. The lowest BCUT2D eigenvalue weighted by atomic mass is 10.1. The summed E-state index contributed by atoms with van der Waals surface area (Å²) in [7, 11) is 1.48. The second kappa shape index (κ2) is 8.83. The normalized spacial score (nSPS) is 15.4. The number of aromatic amines is 1. The number of halogens is 3. The van der Waals surface area contributed by atoms with Crippen LogP contribution in [0.3, 0.4) is 0 Å². The predicted molar refractivity (Wildman–Crippen MR) is 117 cm³/mol. The fourth-order valence-electron chi connectivity index (χ4n) is 3.62. The van der Waals surface area contributed by atoms with Crippen LogP contribution in [0.1, 0.15) is 33.8 Å². The maximum Gasteiger partial charge on any atom is 0.417 e. The van der Waals surface area contributed by atoms with Crippen molar-refractivity contribution in [2.75, 3.05) is 20.1 Å². The van der Waals surface area contributed by atoms with Gasteiger partial charge in [0.15, 0.2) is 11.0 Å². The number of fused-ring (bicyclic) bond motifs is 1. The lowest BCUT2D eigenvalue weighted by Crippen LogP contribution is -2.28. The molecule has 0 spiro atoms. The highest BCUT2D eigenvalue weighted by atomic mass is 32.1. The molecule has 1 saturated heterocycles. The first kappa shape index (κ1) is 22.2. The molecule has 7 nitrogen and oxygen atoms in total. The van der Waals surface area contributed by atoms with Gasteiger partial charge in [-0.1, -0.05) is 0 Å². The molecule has 32 heavy (non-hydrogen) atoms. The molecule has 2 aromatic heterocycles. The monoisotopic (exact) mass is 465 g/mol. The van der Waals surface area contributed by atoms with Crippen molar-refractivity contribution in [2.24, 2.45) is 10.7 Å². The second-order valence-electron chi connectivity index (χ2n) is 7.47. The molecule has 1 aliphatic heterocycles. The van der Waals surface area contributed by atoms with E-state index in [0.717, 1.165) is 36.6 Å². The number of alkyl halides is 3. The Morgan fingerprint density at radius 3 is 2.72 bits per heavy atom. The van der Waals surface area contributed by atoms with Crippen molar-refractivity contribution in [1.82, 2.24) is 15.2 Å². The van der Waals surface area contributed by atoms with Crippen molar-refractivity contribution in [3.63, 3.8) is 0 Å². The molecule has 0 saturated carbocycles. The molecule has 0 bridgehead atoms. The minimum absolute atomic E-state index is 0.0264. The van der Waals surface area contributed by atoms with Gasteiger partial charge in [0.1, 0.15) is 11.4 Å². The molecule has 0 radical (unpaired) electrons. The molecule has 4 rings (SSSR count). The molecule has 1 aromatic carbocycles. The topological polar surface area (TPSA) is 95.7 Å². The van der Waals surface area contributed by atoms with E-state index in [9.17, 15) is 18.0 Å². The highest BCUT2D eigenvalue weighted by Crippen LogP contribution is 2.40. The highest BCUT2D eigenvalue weighted by molar-refractivity contribution is 7.13. The zero-order valence-electron chi connectivity index (χ0n) is 17.3. The molecule has 4 N–H and O–H groups in total. The van der Waals surface area contributed by atoms with Gasteiger partial charge in [-0.05, 0) is 50.2 Å². The number of guanidine groups is 1. The zero-order valence-corrected chi connectivity index (χ0v) is 18.1. The van der Waals surface area contributed by atoms with Crippen LogP contribution in [0.2, 0.25) is 0 Å². The Hall–Kier alpha value is -3.05. The summed E-state index contributed by atoms with van der Waals surface area (Å²) in [5.41, 5.74) is 4.58. The van der Waals surface area contributed by atoms with Crippen LogP contribution in [0.4, 0.5) is 13.2 Å². The van der Waals surface area contributed by atoms with Gasteiger partial charge >= 0.3 is 6.18 Å². The summed E-state index contributed by atoms with van der Waals surface area (Å²) in [5.74, 6) is -0.900. The summed E-state index contributed by atoms with van der Waals surface area (Å²) >= 11 is 1.40. The van der Waals surface area contributed by atoms with Crippen molar-refractivity contribution in [1.29, 1.82) is 0 Å². The number of nitrogens with one attached hydrogen (secondary N) is 2. The molecule has 1 amide bonds. The van der Waals surface area contributed by atoms with Crippen LogP contribution in [0.5, 0.6) is 10.8 Å². The number of hydrogen-bond donors (Lipinski definition) is 3. The van der Waals surface area contributed by atoms with Gasteiger partial charge in [0.25, 0.3) is 5.91 Å². The Labute approximate surface area is 186 Å². The Morgan fingerprint density at radius 1 is 1.28 bits per heavy atom. The van der Waals surface area contributed by atoms with Gasteiger partial charge in [0.05, 0.1) is 11.1 Å². The maximum absolute atomic E-state index is 13.7. The number of amides is 1. The second-order valence-corrected chi connectivity index (χ2v) is 8.60. The van der Waals surface area contributed by atoms with E-state index in [1.54, 1.807) is 6.07 Å². The summed E-state index contributed by atoms with van der Waals surface area (Å²) in [6, 6.07) is 7.18. The van der Waals surface area contributed by atoms with Crippen molar-refractivity contribution < 1.29 is 22.7 Å². The first-order chi connectivity index (χ1) is 15.2. The van der Waals surface area contributed by atoms with E-state index >= 15 is 0 Å². The smallest absolute Gasteiger partial charge is 0.417 e. The van der Waals surface area contributed by atoms with E-state index in [2.05, 4.69) is 20.2 Å². The summed E-state index contributed by atoms with van der Waals surface area (Å²) in [6.45, 7) is 2.91. The summed E-state index contributed by atoms with van der Waals surface area (Å²) in [4.78, 5) is 21.9. The van der Waals surface area contributed by atoms with E-state index in [-0.39, 0.29) is 28.3 Å². The van der Waals surface area contributed by atoms with Crippen molar-refractivity contribution in [3.8, 4) is 10.8 Å². The van der Waals surface area contributed by atoms with Crippen LogP contribution in [-0.4, -0.2) is 41.9 Å². The van der Waals surface area contributed by atoms with Gasteiger partial charge in [-0.15, -0.1) is 11.3 Å². The van der Waals surface area contributed by atoms with Crippen LogP contribution < -0.4 is 15.8 Å². The Balaban J connectivity index is 1.63. The van der Waals surface area contributed by atoms with Gasteiger partial charge in [-0.25, -0.2) is 0 Å². The van der Waals surface area contributed by atoms with Crippen molar-refractivity contribution in [3.05, 3.63) is 46.5 Å². The summed E-state index contributed by atoms with van der Waals surface area (Å²) < 4.78 is 46.9. The van der Waals surface area contributed by atoms with E-state index in [1.807, 2.05) is 6.07 Å². The van der Waals surface area contributed by atoms with Gasteiger partial charge < -0.3 is 20.8 Å². The maximum atomic E-state index is 13.7. The molecule has 3 heterocycles. The standard InChI is InChI=1S/C21H22F3N5O2S/c1-26-20(25)28-19(30)17-10-14-15(21(22,23)24)8-12(9-16(14)27-17)31-18-5-4-13(32-18)11-29-6-2-3-7-29/h4-5,8-10,27H,2-3,6-7,11H2,1H3,(H3,25,26,28,30). The number of nitrogens with two attached hydrogens (primary N) is 1. The van der Waals surface area contributed by atoms with Crippen LogP contribution in [0.25, 0.3) is 10.9 Å². The van der Waals surface area contributed by atoms with E-state index < -0.39 is 17.6 Å². The van der Waals surface area contributed by atoms with Crippen LogP contribution >= 0.6 is 11.3 Å². The predicted octanol–water partition coefficient (Wildman–Crippen LogP) is 4.31. The first-order valence-electron chi connectivity index (χ1n) is 10.0. The van der Waals surface area contributed by atoms with E-state index in [0.29, 0.717) is 5.06 Å². The minimum Gasteiger partial charge on any atom is -0.447 e. The Morgan fingerprint density at radius 2 is 2.03 bits per heavy atom. The number of likely N-dealkylation sites (tertiary alicyclic amines) is 1. The quantitative estimate of drug-likeness (QED) is 0.386. The number of ether oxygens (including phenoxy) is 1. The molecular weight excluding hydrogens is 443 g/mol. The third-order valence-corrected chi connectivity index (χ3v) is 6.11. The summed E-state index contributed by atoms with van der Waals surface area (Å²) in [5, 5.41) is 2.84. The number of aliphatic imine (C=N–C) groups is 1. The molecule has 3 aromatic rings. The molecule has 0 aliphatic carbocycles. The number of H-pyrrole nitrogens is 1. The molecular formula is C21H22F3N5O2S. The lowest BCUT2D eigenvalue weighted by Gasteiger charge is -2.12. The average molecular weight is 466 g/mol. The van der Waals surface area contributed by atoms with Crippen LogP contribution in [0, 0.1) is 0 Å². The highest BCUT2D eigenvalue weighted by Gasteiger charge is 2.34. The fraction of sp³-hybridized carbons (Fsp3) is 0.333. The Kier molecular flexibility index (Phi) is 6.11. The number of nitrogens with zero attached hydrogens (tertiary/aromatic N) is 2. The van der Waals surface area contributed by atoms with Crippen molar-refractivity contribution in [2.45, 2.75) is 25.6 Å². The SMILES string of the molecule is CNC(N)=NC(=O)c1cc2c(C(F)(F)F)cc(Oc3ccc(CN4CCCC4)s3)cc2[nH]1. The van der Waals surface area contributed by atoms with E-state index in [1.165, 1.54) is 37.3 Å². The number of carbonyl (C=O) groups excluding carboxylic acids is 1. The van der Waals surface area contributed by atoms with Crippen LogP contribution in [-0.2, 0) is 12.7 Å². The zero-order chi connectivity index (χ0) is 22.9. The third kappa shape index (κ3) is 4.89. The summed E-state index contributed by atoms with van der Waals surface area (Å²) in [6.07, 6.45) is -2.27. The average Bonchev–Trinajstić information content (AvgIpc) is 3.48. The number of hydrogen-bond acceptors (Lipinski definition) is 4. The number of aromatic nitrogens is 1. The number of thiophene rings is 1. The molecule has 0 atom stereocenters. The Bertz CT molecular complexity index is 1160. The third-order valence-electron chi connectivity index (χ3n) is 5.16. The minimum atomic E-state index is -4.64. The van der Waals surface area contributed by atoms with Crippen molar-refractivity contribution >= 4 is 34.1 Å². The van der Waals surface area contributed by atoms with Gasteiger partial charge in [0, 0.05) is 29.9 Å². The molecule has 0 unspecified atom stereocenters. The van der Waals surface area contributed by atoms with Gasteiger partial charge in [0.2, 0.25) is 0 Å². The fourth-order valence-corrected chi connectivity index (χ4v) is 4.54. The number of rotatable bonds is 5. The molecule has 11 heteroatoms. The number of benzene rings is 1. The number of carbonyl (C=O) groups is 1. The largest absolute Gasteiger partial charge is 0.447 e. The van der Waals surface area contributed by atoms with Crippen LogP contribution in [0.15, 0.2) is 35.3 Å². The van der Waals surface area contributed by atoms with Gasteiger partial charge in [-0.2, -0.15) is 18.2 Å². The first-order valence-corrected chi connectivity index (χ1v) is 10.8. The molecule has 170 valence electrons. The molecule has 1 aliphatic rings. The van der Waals surface area contributed by atoms with Gasteiger partial charge in [-0.3, -0.25) is 9.69 Å². The molecule has 1 fully saturated rings. The van der Waals surface area contributed by atoms with E-state index in [4.69, 9.17) is 10.5 Å².